The third kappa shape index (κ3) is 1.21. The monoisotopic (exact) mass is 229 g/mol. The number of hydrogen-bond donors (Lipinski definition) is 0. The van der Waals surface area contributed by atoms with Crippen LogP contribution < -0.4 is 0 Å². The summed E-state index contributed by atoms with van der Waals surface area (Å²) in [4.78, 5) is 8.83. The first-order chi connectivity index (χ1) is 8.19. The number of rotatable bonds is 1. The fourth-order valence-corrected chi connectivity index (χ4v) is 3.35. The molecule has 2 aromatic heterocycles. The normalized spacial score (nSPS) is 35.8. The molecular weight excluding hydrogens is 214 g/mol. The van der Waals surface area contributed by atoms with Gasteiger partial charge in [0.05, 0.1) is 24.1 Å². The summed E-state index contributed by atoms with van der Waals surface area (Å²) in [7, 11) is 0. The molecular formula is C13H15N3O. The van der Waals surface area contributed by atoms with E-state index in [0.717, 1.165) is 25.1 Å². The molecule has 2 aliphatic rings. The van der Waals surface area contributed by atoms with E-state index in [2.05, 4.69) is 18.1 Å². The van der Waals surface area contributed by atoms with Gasteiger partial charge in [-0.1, -0.05) is 0 Å². The number of ether oxygens (including phenoxy) is 1. The zero-order chi connectivity index (χ0) is 11.5. The van der Waals surface area contributed by atoms with Gasteiger partial charge in [-0.3, -0.25) is 4.98 Å². The van der Waals surface area contributed by atoms with Gasteiger partial charge in [0, 0.05) is 24.0 Å². The molecule has 0 aromatic carbocycles. The maximum Gasteiger partial charge on any atom is 0.155 e. The molecule has 0 amide bonds. The van der Waals surface area contributed by atoms with Crippen LogP contribution in [0.3, 0.4) is 0 Å². The Kier molecular flexibility index (Phi) is 1.62. The zero-order valence-corrected chi connectivity index (χ0v) is 9.89. The third-order valence-corrected chi connectivity index (χ3v) is 4.35. The van der Waals surface area contributed by atoms with E-state index in [0.29, 0.717) is 0 Å². The van der Waals surface area contributed by atoms with E-state index in [1.165, 1.54) is 12.1 Å². The summed E-state index contributed by atoms with van der Waals surface area (Å²) < 4.78 is 7.97. The minimum absolute atomic E-state index is 0.0913. The molecule has 2 bridgehead atoms. The van der Waals surface area contributed by atoms with Crippen LogP contribution in [0.4, 0.5) is 0 Å². The van der Waals surface area contributed by atoms with Crippen molar-refractivity contribution in [2.75, 3.05) is 6.61 Å². The molecule has 88 valence electrons. The SMILES string of the molecule is C[C@@]12CC[C@@](c3cn4ccncc4n3)(CO1)C2. The van der Waals surface area contributed by atoms with Crippen LogP contribution in [0, 0.1) is 0 Å². The smallest absolute Gasteiger partial charge is 0.155 e. The lowest BCUT2D eigenvalue weighted by Crippen LogP contribution is -2.26. The highest BCUT2D eigenvalue weighted by molar-refractivity contribution is 5.40. The van der Waals surface area contributed by atoms with E-state index in [1.807, 2.05) is 16.8 Å². The van der Waals surface area contributed by atoms with Crippen LogP contribution >= 0.6 is 0 Å². The predicted molar refractivity (Wildman–Crippen MR) is 62.9 cm³/mol. The van der Waals surface area contributed by atoms with Gasteiger partial charge >= 0.3 is 0 Å². The van der Waals surface area contributed by atoms with Gasteiger partial charge in [0.2, 0.25) is 0 Å². The summed E-state index contributed by atoms with van der Waals surface area (Å²) in [5.41, 5.74) is 2.35. The van der Waals surface area contributed by atoms with Gasteiger partial charge in [0.1, 0.15) is 0 Å². The lowest BCUT2D eigenvalue weighted by molar-refractivity contribution is -0.00626. The Labute approximate surface area is 99.6 Å². The van der Waals surface area contributed by atoms with Gasteiger partial charge in [0.15, 0.2) is 5.65 Å². The largest absolute Gasteiger partial charge is 0.374 e. The minimum atomic E-state index is 0.0913. The first-order valence-corrected chi connectivity index (χ1v) is 6.12. The first-order valence-electron chi connectivity index (χ1n) is 6.12. The average Bonchev–Trinajstić information content (AvgIpc) is 2.97. The lowest BCUT2D eigenvalue weighted by atomic mass is 9.84. The van der Waals surface area contributed by atoms with Gasteiger partial charge in [-0.15, -0.1) is 0 Å². The van der Waals surface area contributed by atoms with E-state index in [1.54, 1.807) is 6.20 Å². The van der Waals surface area contributed by atoms with Crippen LogP contribution in [0.25, 0.3) is 5.65 Å². The molecule has 0 unspecified atom stereocenters. The average molecular weight is 229 g/mol. The van der Waals surface area contributed by atoms with Crippen molar-refractivity contribution >= 4 is 5.65 Å². The standard InChI is InChI=1S/C13H15N3O/c1-12-2-3-13(8-12,9-17-12)10-7-16-5-4-14-6-11(16)15-10/h4-7H,2-3,8-9H2,1H3/t12-,13-/m0/s1. The highest BCUT2D eigenvalue weighted by atomic mass is 16.5. The molecule has 4 heteroatoms. The van der Waals surface area contributed by atoms with Crippen molar-refractivity contribution in [1.82, 2.24) is 14.4 Å². The first kappa shape index (κ1) is 9.59. The van der Waals surface area contributed by atoms with Gasteiger partial charge in [0.25, 0.3) is 0 Å². The number of fused-ring (bicyclic) bond motifs is 3. The Balaban J connectivity index is 1.85. The summed E-state index contributed by atoms with van der Waals surface area (Å²) in [5, 5.41) is 0. The summed E-state index contributed by atoms with van der Waals surface area (Å²) >= 11 is 0. The Hall–Kier alpha value is -1.42. The topological polar surface area (TPSA) is 39.4 Å². The zero-order valence-electron chi connectivity index (χ0n) is 9.89. The summed E-state index contributed by atoms with van der Waals surface area (Å²) in [5.74, 6) is 0. The molecule has 2 aromatic rings. The van der Waals surface area contributed by atoms with Crippen molar-refractivity contribution in [2.24, 2.45) is 0 Å². The molecule has 1 aliphatic carbocycles. The van der Waals surface area contributed by atoms with Gasteiger partial charge in [-0.25, -0.2) is 4.98 Å². The Bertz CT molecular complexity index is 548. The van der Waals surface area contributed by atoms with Crippen LogP contribution in [0.1, 0.15) is 31.9 Å². The van der Waals surface area contributed by atoms with Crippen molar-refractivity contribution in [3.8, 4) is 0 Å². The quantitative estimate of drug-likeness (QED) is 0.750. The Morgan fingerprint density at radius 1 is 1.41 bits per heavy atom. The third-order valence-electron chi connectivity index (χ3n) is 4.35. The van der Waals surface area contributed by atoms with E-state index < -0.39 is 0 Å². The molecule has 1 aliphatic heterocycles. The maximum atomic E-state index is 5.93. The molecule has 3 heterocycles. The van der Waals surface area contributed by atoms with Gasteiger partial charge in [-0.05, 0) is 26.2 Å². The summed E-state index contributed by atoms with van der Waals surface area (Å²) in [6, 6.07) is 0. The molecule has 2 fully saturated rings. The number of imidazole rings is 1. The molecule has 0 spiro atoms. The second-order valence-corrected chi connectivity index (χ2v) is 5.66. The molecule has 17 heavy (non-hydrogen) atoms. The fraction of sp³-hybridized carbons (Fsp3) is 0.538. The molecule has 4 nitrogen and oxygen atoms in total. The molecule has 1 saturated heterocycles. The fourth-order valence-electron chi connectivity index (χ4n) is 3.35. The maximum absolute atomic E-state index is 5.93. The van der Waals surface area contributed by atoms with Crippen molar-refractivity contribution in [2.45, 2.75) is 37.2 Å². The van der Waals surface area contributed by atoms with E-state index in [9.17, 15) is 0 Å². The van der Waals surface area contributed by atoms with E-state index in [-0.39, 0.29) is 11.0 Å². The van der Waals surface area contributed by atoms with Crippen molar-refractivity contribution in [1.29, 1.82) is 0 Å². The molecule has 1 saturated carbocycles. The Morgan fingerprint density at radius 3 is 3.00 bits per heavy atom. The molecule has 4 rings (SSSR count). The minimum Gasteiger partial charge on any atom is -0.374 e. The van der Waals surface area contributed by atoms with Crippen LogP contribution in [0.2, 0.25) is 0 Å². The molecule has 2 atom stereocenters. The number of nitrogens with zero attached hydrogens (tertiary/aromatic N) is 3. The predicted octanol–water partition coefficient (Wildman–Crippen LogP) is 1.94. The van der Waals surface area contributed by atoms with Crippen LogP contribution in [-0.4, -0.2) is 26.6 Å². The van der Waals surface area contributed by atoms with Crippen LogP contribution in [0.5, 0.6) is 0 Å². The van der Waals surface area contributed by atoms with E-state index >= 15 is 0 Å². The second kappa shape index (κ2) is 2.88. The van der Waals surface area contributed by atoms with E-state index in [4.69, 9.17) is 9.72 Å². The Morgan fingerprint density at radius 2 is 2.35 bits per heavy atom. The van der Waals surface area contributed by atoms with Crippen molar-refractivity contribution in [3.63, 3.8) is 0 Å². The highest BCUT2D eigenvalue weighted by Gasteiger charge is 2.55. The summed E-state index contributed by atoms with van der Waals surface area (Å²) in [6.45, 7) is 3.04. The molecule has 0 radical (unpaired) electrons. The summed E-state index contributed by atoms with van der Waals surface area (Å²) in [6.07, 6.45) is 11.1. The highest BCUT2D eigenvalue weighted by Crippen LogP contribution is 2.53. The van der Waals surface area contributed by atoms with Crippen LogP contribution in [0.15, 0.2) is 24.8 Å². The van der Waals surface area contributed by atoms with Crippen LogP contribution in [-0.2, 0) is 10.2 Å². The molecule has 0 N–H and O–H groups in total. The second-order valence-electron chi connectivity index (χ2n) is 5.66. The van der Waals surface area contributed by atoms with Gasteiger partial charge < -0.3 is 9.14 Å². The number of hydrogen-bond acceptors (Lipinski definition) is 3. The van der Waals surface area contributed by atoms with Gasteiger partial charge in [-0.2, -0.15) is 0 Å². The number of aromatic nitrogens is 3. The lowest BCUT2D eigenvalue weighted by Gasteiger charge is -2.24. The van der Waals surface area contributed by atoms with Crippen molar-refractivity contribution in [3.05, 3.63) is 30.5 Å². The van der Waals surface area contributed by atoms with Crippen molar-refractivity contribution < 1.29 is 4.74 Å².